The summed E-state index contributed by atoms with van der Waals surface area (Å²) in [5.74, 6) is 2.44. The Morgan fingerprint density at radius 3 is 2.73 bits per heavy atom. The normalized spacial score (nSPS) is 19.0. The largest absolute Gasteiger partial charge is 0.486 e. The van der Waals surface area contributed by atoms with Crippen LogP contribution < -0.4 is 14.8 Å². The molecule has 2 aliphatic rings. The summed E-state index contributed by atoms with van der Waals surface area (Å²) in [6.07, 6.45) is 2.72. The summed E-state index contributed by atoms with van der Waals surface area (Å²) in [6, 6.07) is 5.38. The number of ether oxygens (including phenoxy) is 2. The van der Waals surface area contributed by atoms with E-state index in [9.17, 15) is 4.79 Å². The van der Waals surface area contributed by atoms with Crippen LogP contribution >= 0.6 is 0 Å². The van der Waals surface area contributed by atoms with Gasteiger partial charge in [0.2, 0.25) is 0 Å². The standard InChI is InChI=1S/C20H24N2O4/c1-20(2,3)12-4-6-15-14(10-12)18(22-26-15)19(23)21-13-5-7-16-17(11-13)25-9-8-24-16/h5,7,11-12H,4,6,8-10H2,1-3H3,(H,21,23)/t12-/m1/s1. The Balaban J connectivity index is 1.54. The van der Waals surface area contributed by atoms with Gasteiger partial charge in [0.25, 0.3) is 5.91 Å². The lowest BCUT2D eigenvalue weighted by Gasteiger charge is -2.33. The third-order valence-corrected chi connectivity index (χ3v) is 5.28. The summed E-state index contributed by atoms with van der Waals surface area (Å²) >= 11 is 0. The molecule has 1 atom stereocenters. The summed E-state index contributed by atoms with van der Waals surface area (Å²) in [6.45, 7) is 7.77. The van der Waals surface area contributed by atoms with Gasteiger partial charge in [0, 0.05) is 23.7 Å². The molecular weight excluding hydrogens is 332 g/mol. The fourth-order valence-corrected chi connectivity index (χ4v) is 3.63. The van der Waals surface area contributed by atoms with Crippen molar-refractivity contribution in [3.05, 3.63) is 35.2 Å². The van der Waals surface area contributed by atoms with Crippen molar-refractivity contribution in [2.24, 2.45) is 11.3 Å². The predicted octanol–water partition coefficient (Wildman–Crippen LogP) is 3.85. The highest BCUT2D eigenvalue weighted by Gasteiger charge is 2.34. The van der Waals surface area contributed by atoms with Crippen molar-refractivity contribution in [3.8, 4) is 11.5 Å². The molecule has 26 heavy (non-hydrogen) atoms. The lowest BCUT2D eigenvalue weighted by molar-refractivity contribution is 0.101. The van der Waals surface area contributed by atoms with Gasteiger partial charge in [-0.25, -0.2) is 0 Å². The Morgan fingerprint density at radius 2 is 1.96 bits per heavy atom. The summed E-state index contributed by atoms with van der Waals surface area (Å²) in [5.41, 5.74) is 2.19. The Kier molecular flexibility index (Phi) is 4.13. The average molecular weight is 356 g/mol. The number of anilines is 1. The van der Waals surface area contributed by atoms with Crippen molar-refractivity contribution in [3.63, 3.8) is 0 Å². The molecule has 2 aromatic rings. The fourth-order valence-electron chi connectivity index (χ4n) is 3.63. The van der Waals surface area contributed by atoms with Gasteiger partial charge in [-0.1, -0.05) is 25.9 Å². The fraction of sp³-hybridized carbons (Fsp3) is 0.500. The number of nitrogens with one attached hydrogen (secondary N) is 1. The summed E-state index contributed by atoms with van der Waals surface area (Å²) in [4.78, 5) is 12.8. The zero-order valence-corrected chi connectivity index (χ0v) is 15.4. The number of carbonyl (C=O) groups excluding carboxylic acids is 1. The van der Waals surface area contributed by atoms with Crippen molar-refractivity contribution < 1.29 is 18.8 Å². The van der Waals surface area contributed by atoms with E-state index < -0.39 is 0 Å². The third-order valence-electron chi connectivity index (χ3n) is 5.28. The first-order valence-corrected chi connectivity index (χ1v) is 9.10. The van der Waals surface area contributed by atoms with E-state index in [1.54, 1.807) is 18.2 Å². The molecule has 0 saturated heterocycles. The minimum absolute atomic E-state index is 0.193. The number of benzene rings is 1. The number of hydrogen-bond acceptors (Lipinski definition) is 5. The van der Waals surface area contributed by atoms with Gasteiger partial charge >= 0.3 is 0 Å². The molecule has 0 bridgehead atoms. The number of aromatic nitrogens is 1. The highest BCUT2D eigenvalue weighted by molar-refractivity contribution is 6.04. The smallest absolute Gasteiger partial charge is 0.278 e. The zero-order chi connectivity index (χ0) is 18.3. The second-order valence-corrected chi connectivity index (χ2v) is 8.05. The molecule has 1 aromatic heterocycles. The van der Waals surface area contributed by atoms with Crippen molar-refractivity contribution in [2.45, 2.75) is 40.0 Å². The number of amides is 1. The maximum atomic E-state index is 12.8. The van der Waals surface area contributed by atoms with Crippen LogP contribution in [0.25, 0.3) is 0 Å². The number of aryl methyl sites for hydroxylation is 1. The van der Waals surface area contributed by atoms with Crippen LogP contribution in [0.15, 0.2) is 22.7 Å². The average Bonchev–Trinajstić information content (AvgIpc) is 3.04. The summed E-state index contributed by atoms with van der Waals surface area (Å²) < 4.78 is 16.5. The van der Waals surface area contributed by atoms with Crippen molar-refractivity contribution in [1.82, 2.24) is 5.16 Å². The molecular formula is C20H24N2O4. The van der Waals surface area contributed by atoms with Crippen LogP contribution in [0, 0.1) is 11.3 Å². The molecule has 0 saturated carbocycles. The molecule has 6 nitrogen and oxygen atoms in total. The van der Waals surface area contributed by atoms with Gasteiger partial charge in [-0.15, -0.1) is 0 Å². The topological polar surface area (TPSA) is 73.6 Å². The van der Waals surface area contributed by atoms with E-state index >= 15 is 0 Å². The molecule has 0 radical (unpaired) electrons. The zero-order valence-electron chi connectivity index (χ0n) is 15.4. The molecule has 1 aromatic carbocycles. The van der Waals surface area contributed by atoms with Gasteiger partial charge in [-0.3, -0.25) is 4.79 Å². The SMILES string of the molecule is CC(C)(C)[C@@H]1CCc2onc(C(=O)Nc3ccc4c(c3)OCCO4)c2C1. The highest BCUT2D eigenvalue weighted by Crippen LogP contribution is 2.38. The van der Waals surface area contributed by atoms with Crippen LogP contribution in [0.5, 0.6) is 11.5 Å². The van der Waals surface area contributed by atoms with Crippen LogP contribution in [-0.4, -0.2) is 24.3 Å². The van der Waals surface area contributed by atoms with E-state index in [1.807, 2.05) is 0 Å². The minimum atomic E-state index is -0.249. The first-order valence-electron chi connectivity index (χ1n) is 9.10. The lowest BCUT2D eigenvalue weighted by atomic mass is 9.71. The maximum Gasteiger partial charge on any atom is 0.278 e. The highest BCUT2D eigenvalue weighted by atomic mass is 16.6. The molecule has 6 heteroatoms. The van der Waals surface area contributed by atoms with Gasteiger partial charge in [-0.2, -0.15) is 0 Å². The monoisotopic (exact) mass is 356 g/mol. The number of nitrogens with zero attached hydrogens (tertiary/aromatic N) is 1. The lowest BCUT2D eigenvalue weighted by Crippen LogP contribution is -2.27. The van der Waals surface area contributed by atoms with Crippen molar-refractivity contribution in [2.75, 3.05) is 18.5 Å². The first kappa shape index (κ1) is 16.9. The number of rotatable bonds is 2. The maximum absolute atomic E-state index is 12.8. The molecule has 1 N–H and O–H groups in total. The van der Waals surface area contributed by atoms with Crippen LogP contribution in [0.1, 0.15) is 49.0 Å². The molecule has 4 rings (SSSR count). The molecule has 1 amide bonds. The van der Waals surface area contributed by atoms with Gasteiger partial charge in [0.15, 0.2) is 17.2 Å². The van der Waals surface area contributed by atoms with E-state index in [0.29, 0.717) is 42.0 Å². The second kappa shape index (κ2) is 6.34. The quantitative estimate of drug-likeness (QED) is 0.885. The molecule has 0 fully saturated rings. The van der Waals surface area contributed by atoms with E-state index in [0.717, 1.165) is 30.6 Å². The molecule has 2 heterocycles. The minimum Gasteiger partial charge on any atom is -0.486 e. The molecule has 0 unspecified atom stereocenters. The van der Waals surface area contributed by atoms with E-state index in [1.165, 1.54) is 0 Å². The van der Waals surface area contributed by atoms with Crippen LogP contribution in [0.4, 0.5) is 5.69 Å². The van der Waals surface area contributed by atoms with Crippen LogP contribution in [-0.2, 0) is 12.8 Å². The number of hydrogen-bond donors (Lipinski definition) is 1. The van der Waals surface area contributed by atoms with Crippen LogP contribution in [0.2, 0.25) is 0 Å². The second-order valence-electron chi connectivity index (χ2n) is 8.05. The molecule has 1 aliphatic heterocycles. The van der Waals surface area contributed by atoms with Gasteiger partial charge in [0.05, 0.1) is 0 Å². The molecule has 1 aliphatic carbocycles. The van der Waals surface area contributed by atoms with E-state index in [2.05, 4.69) is 31.2 Å². The Morgan fingerprint density at radius 1 is 1.19 bits per heavy atom. The molecule has 138 valence electrons. The Hall–Kier alpha value is -2.50. The van der Waals surface area contributed by atoms with Crippen molar-refractivity contribution >= 4 is 11.6 Å². The summed E-state index contributed by atoms with van der Waals surface area (Å²) in [5, 5.41) is 6.96. The van der Waals surface area contributed by atoms with Gasteiger partial charge < -0.3 is 19.3 Å². The Bertz CT molecular complexity index is 835. The van der Waals surface area contributed by atoms with Crippen LogP contribution in [0.3, 0.4) is 0 Å². The van der Waals surface area contributed by atoms with Gasteiger partial charge in [0.1, 0.15) is 19.0 Å². The van der Waals surface area contributed by atoms with Crippen molar-refractivity contribution in [1.29, 1.82) is 0 Å². The third kappa shape index (κ3) is 3.16. The van der Waals surface area contributed by atoms with Gasteiger partial charge in [-0.05, 0) is 36.3 Å². The Labute approximate surface area is 152 Å². The molecule has 0 spiro atoms. The van der Waals surface area contributed by atoms with E-state index in [-0.39, 0.29) is 11.3 Å². The number of carbonyl (C=O) groups is 1. The van der Waals surface area contributed by atoms with E-state index in [4.69, 9.17) is 14.0 Å². The summed E-state index contributed by atoms with van der Waals surface area (Å²) in [7, 11) is 0. The number of fused-ring (bicyclic) bond motifs is 2. The first-order chi connectivity index (χ1) is 12.4. The predicted molar refractivity (Wildman–Crippen MR) is 96.9 cm³/mol.